The molecule has 0 amide bonds. The topological polar surface area (TPSA) is 119 Å². The molecule has 1 aliphatic rings. The molecule has 1 saturated heterocycles. The molecule has 0 radical (unpaired) electrons. The van der Waals surface area contributed by atoms with Gasteiger partial charge in [0.25, 0.3) is 5.88 Å². The lowest BCUT2D eigenvalue weighted by Crippen LogP contribution is -2.39. The number of halogens is 1. The van der Waals surface area contributed by atoms with Gasteiger partial charge in [-0.2, -0.15) is 15.5 Å². The number of hydrogen-bond donors (Lipinski definition) is 1. The Labute approximate surface area is 222 Å². The maximum atomic E-state index is 14.8. The molecule has 196 valence electrons. The van der Waals surface area contributed by atoms with Gasteiger partial charge in [-0.15, -0.1) is 0 Å². The zero-order valence-electron chi connectivity index (χ0n) is 21.5. The fourth-order valence-electron chi connectivity index (χ4n) is 4.54. The number of piperidine rings is 1. The van der Waals surface area contributed by atoms with Gasteiger partial charge in [-0.1, -0.05) is 12.1 Å². The summed E-state index contributed by atoms with van der Waals surface area (Å²) in [6.07, 6.45) is 2.77. The molecule has 0 atom stereocenters. The van der Waals surface area contributed by atoms with Crippen molar-refractivity contribution in [2.24, 2.45) is 0 Å². The molecule has 0 unspecified atom stereocenters. The van der Waals surface area contributed by atoms with Crippen LogP contribution < -0.4 is 10.1 Å². The summed E-state index contributed by atoms with van der Waals surface area (Å²) in [5.74, 6) is -0.295. The third-order valence-electron chi connectivity index (χ3n) is 6.54. The first-order valence-electron chi connectivity index (χ1n) is 12.1. The zero-order chi connectivity index (χ0) is 27.4. The van der Waals surface area contributed by atoms with E-state index in [0.717, 1.165) is 37.6 Å². The highest BCUT2D eigenvalue weighted by molar-refractivity contribution is 7.90. The van der Waals surface area contributed by atoms with E-state index < -0.39 is 15.7 Å². The van der Waals surface area contributed by atoms with Crippen molar-refractivity contribution in [3.63, 3.8) is 0 Å². The lowest BCUT2D eigenvalue weighted by molar-refractivity contribution is 0.211. The Morgan fingerprint density at radius 3 is 2.26 bits per heavy atom. The highest BCUT2D eigenvalue weighted by Crippen LogP contribution is 2.32. The molecule has 2 heterocycles. The molecular formula is C28H28FN5O3S. The maximum absolute atomic E-state index is 14.8. The van der Waals surface area contributed by atoms with Crippen LogP contribution in [-0.2, 0) is 16.4 Å². The molecular weight excluding hydrogens is 505 g/mol. The third-order valence-corrected chi connectivity index (χ3v) is 7.67. The average Bonchev–Trinajstić information content (AvgIpc) is 2.88. The second-order valence-electron chi connectivity index (χ2n) is 9.55. The molecule has 1 aromatic heterocycles. The third kappa shape index (κ3) is 6.28. The molecule has 0 spiro atoms. The van der Waals surface area contributed by atoms with Crippen molar-refractivity contribution in [2.45, 2.75) is 44.2 Å². The Morgan fingerprint density at radius 1 is 1.08 bits per heavy atom. The standard InChI is InChI=1S/C28H28FN5O3S/c1-18-12-21(15-30)13-19(2)26(18)37-28-25(29)14-22(16-31)27(33-28)32-23-8-10-34(11-9-23)17-20-4-6-24(7-5-20)38(3,35)36/h4-7,12-14,23H,8-11,17H2,1-3H3,(H,32,33). The van der Waals surface area contributed by atoms with Crippen molar-refractivity contribution in [2.75, 3.05) is 24.7 Å². The van der Waals surface area contributed by atoms with Crippen LogP contribution in [0.5, 0.6) is 11.6 Å². The number of hydrogen-bond acceptors (Lipinski definition) is 8. The number of ether oxygens (including phenoxy) is 1. The predicted octanol–water partition coefficient (Wildman–Crippen LogP) is 4.85. The molecule has 1 fully saturated rings. The molecule has 1 aliphatic heterocycles. The van der Waals surface area contributed by atoms with Gasteiger partial charge in [-0.25, -0.2) is 12.8 Å². The molecule has 38 heavy (non-hydrogen) atoms. The van der Waals surface area contributed by atoms with E-state index in [4.69, 9.17) is 10.00 Å². The highest BCUT2D eigenvalue weighted by Gasteiger charge is 2.23. The van der Waals surface area contributed by atoms with E-state index in [2.05, 4.69) is 21.3 Å². The molecule has 0 aliphatic carbocycles. The van der Waals surface area contributed by atoms with E-state index in [1.807, 2.05) is 18.2 Å². The Bertz CT molecular complexity index is 1510. The minimum atomic E-state index is -3.22. The zero-order valence-corrected chi connectivity index (χ0v) is 22.3. The average molecular weight is 534 g/mol. The van der Waals surface area contributed by atoms with E-state index in [9.17, 15) is 18.1 Å². The van der Waals surface area contributed by atoms with E-state index >= 15 is 0 Å². The number of aryl methyl sites for hydroxylation is 2. The number of anilines is 1. The smallest absolute Gasteiger partial charge is 0.257 e. The van der Waals surface area contributed by atoms with Crippen molar-refractivity contribution < 1.29 is 17.5 Å². The van der Waals surface area contributed by atoms with Crippen LogP contribution in [-0.4, -0.2) is 43.7 Å². The molecule has 0 saturated carbocycles. The Hall–Kier alpha value is -3.99. The van der Waals surface area contributed by atoms with Crippen LogP contribution in [0.3, 0.4) is 0 Å². The number of nitriles is 2. The summed E-state index contributed by atoms with van der Waals surface area (Å²) in [5, 5.41) is 22.0. The summed E-state index contributed by atoms with van der Waals surface area (Å²) in [6.45, 7) is 5.84. The number of nitrogens with zero attached hydrogens (tertiary/aromatic N) is 4. The number of aromatic nitrogens is 1. The number of sulfone groups is 1. The van der Waals surface area contributed by atoms with Gasteiger partial charge in [-0.3, -0.25) is 4.90 Å². The van der Waals surface area contributed by atoms with Crippen LogP contribution in [0.4, 0.5) is 10.2 Å². The molecule has 8 nitrogen and oxygen atoms in total. The van der Waals surface area contributed by atoms with Crippen molar-refractivity contribution in [1.82, 2.24) is 9.88 Å². The maximum Gasteiger partial charge on any atom is 0.257 e. The lowest BCUT2D eigenvalue weighted by Gasteiger charge is -2.32. The first kappa shape index (κ1) is 27.1. The fraction of sp³-hybridized carbons (Fsp3) is 0.321. The monoisotopic (exact) mass is 533 g/mol. The normalized spacial score (nSPS) is 14.5. The minimum absolute atomic E-state index is 0.0372. The van der Waals surface area contributed by atoms with Gasteiger partial charge >= 0.3 is 0 Å². The molecule has 4 rings (SSSR count). The second kappa shape index (κ2) is 11.2. The largest absolute Gasteiger partial charge is 0.436 e. The summed E-state index contributed by atoms with van der Waals surface area (Å²) in [6, 6.07) is 15.5. The van der Waals surface area contributed by atoms with Crippen molar-refractivity contribution in [3.05, 3.63) is 76.1 Å². The molecule has 1 N–H and O–H groups in total. The second-order valence-corrected chi connectivity index (χ2v) is 11.6. The van der Waals surface area contributed by atoms with Crippen molar-refractivity contribution in [3.8, 4) is 23.8 Å². The molecule has 10 heteroatoms. The van der Waals surface area contributed by atoms with Crippen LogP contribution in [0.1, 0.15) is 40.7 Å². The van der Waals surface area contributed by atoms with Gasteiger partial charge < -0.3 is 10.1 Å². The summed E-state index contributed by atoms with van der Waals surface area (Å²) in [4.78, 5) is 6.90. The van der Waals surface area contributed by atoms with Gasteiger partial charge in [0.2, 0.25) is 0 Å². The predicted molar refractivity (Wildman–Crippen MR) is 141 cm³/mol. The van der Waals surface area contributed by atoms with E-state index in [1.54, 1.807) is 38.1 Å². The number of pyridine rings is 1. The van der Waals surface area contributed by atoms with Crippen molar-refractivity contribution >= 4 is 15.7 Å². The first-order valence-corrected chi connectivity index (χ1v) is 14.0. The fourth-order valence-corrected chi connectivity index (χ4v) is 5.17. The summed E-state index contributed by atoms with van der Waals surface area (Å²) < 4.78 is 43.9. The van der Waals surface area contributed by atoms with Gasteiger partial charge in [0.1, 0.15) is 17.6 Å². The highest BCUT2D eigenvalue weighted by atomic mass is 32.2. The quantitative estimate of drug-likeness (QED) is 0.458. The van der Waals surface area contributed by atoms with Gasteiger partial charge in [0, 0.05) is 38.0 Å². The number of likely N-dealkylation sites (tertiary alicyclic amines) is 1. The minimum Gasteiger partial charge on any atom is -0.436 e. The molecule has 3 aromatic rings. The SMILES string of the molecule is Cc1cc(C#N)cc(C)c1Oc1nc(NC2CCN(Cc3ccc(S(C)(=O)=O)cc3)CC2)c(C#N)cc1F. The summed E-state index contributed by atoms with van der Waals surface area (Å²) in [5.41, 5.74) is 2.97. The van der Waals surface area contributed by atoms with Crippen LogP contribution >= 0.6 is 0 Å². The Morgan fingerprint density at radius 2 is 1.71 bits per heavy atom. The summed E-state index contributed by atoms with van der Waals surface area (Å²) in [7, 11) is -3.22. The van der Waals surface area contributed by atoms with Crippen LogP contribution in [0, 0.1) is 42.3 Å². The number of benzene rings is 2. The Balaban J connectivity index is 1.43. The van der Waals surface area contributed by atoms with Gasteiger partial charge in [-0.05, 0) is 67.6 Å². The Kier molecular flexibility index (Phi) is 7.96. The van der Waals surface area contributed by atoms with Gasteiger partial charge in [0.05, 0.1) is 22.1 Å². The lowest BCUT2D eigenvalue weighted by atomic mass is 10.0. The van der Waals surface area contributed by atoms with Gasteiger partial charge in [0.15, 0.2) is 15.7 Å². The number of rotatable bonds is 7. The van der Waals surface area contributed by atoms with Crippen LogP contribution in [0.25, 0.3) is 0 Å². The van der Waals surface area contributed by atoms with Crippen LogP contribution in [0.2, 0.25) is 0 Å². The molecule has 2 aromatic carbocycles. The van der Waals surface area contributed by atoms with E-state index in [-0.39, 0.29) is 23.3 Å². The van der Waals surface area contributed by atoms with Crippen molar-refractivity contribution in [1.29, 1.82) is 10.5 Å². The van der Waals surface area contributed by atoms with Crippen LogP contribution in [0.15, 0.2) is 47.4 Å². The summed E-state index contributed by atoms with van der Waals surface area (Å²) >= 11 is 0. The van der Waals surface area contributed by atoms with E-state index in [1.165, 1.54) is 6.26 Å². The first-order chi connectivity index (χ1) is 18.1. The number of nitrogens with one attached hydrogen (secondary N) is 1. The van der Waals surface area contributed by atoms with E-state index in [0.29, 0.717) is 33.9 Å². The molecule has 0 bridgehead atoms.